The van der Waals surface area contributed by atoms with Crippen molar-refractivity contribution in [3.05, 3.63) is 27.9 Å². The number of likely N-dealkylation sites (tertiary alicyclic amines) is 1. The maximum atomic E-state index is 11.6. The van der Waals surface area contributed by atoms with Gasteiger partial charge in [0.15, 0.2) is 0 Å². The average Bonchev–Trinajstić information content (AvgIpc) is 2.46. The summed E-state index contributed by atoms with van der Waals surface area (Å²) < 4.78 is 0. The van der Waals surface area contributed by atoms with Crippen LogP contribution in [0.15, 0.2) is 10.9 Å². The standard InChI is InChI=1S/C15H24N4O2/c1-3-11-8-15(21)18-13(16-11)10-19-7-5-6-12(9-19)17-14(20)4-2/h8,12H,3-7,9-10H2,1-2H3,(H,17,20)(H,16,18,21)/t12-/m1/s1. The van der Waals surface area contributed by atoms with Crippen LogP contribution in [0.25, 0.3) is 0 Å². The third kappa shape index (κ3) is 4.67. The fourth-order valence-corrected chi connectivity index (χ4v) is 2.68. The van der Waals surface area contributed by atoms with Crippen LogP contribution in [0.2, 0.25) is 0 Å². The van der Waals surface area contributed by atoms with Gasteiger partial charge < -0.3 is 10.3 Å². The first-order chi connectivity index (χ1) is 10.1. The third-order valence-corrected chi connectivity index (χ3v) is 3.77. The third-order valence-electron chi connectivity index (χ3n) is 3.77. The van der Waals surface area contributed by atoms with Crippen LogP contribution in [0.4, 0.5) is 0 Å². The lowest BCUT2D eigenvalue weighted by Crippen LogP contribution is -2.47. The fraction of sp³-hybridized carbons (Fsp3) is 0.667. The molecule has 0 aromatic carbocycles. The summed E-state index contributed by atoms with van der Waals surface area (Å²) in [6.07, 6.45) is 3.34. The van der Waals surface area contributed by atoms with E-state index in [1.54, 1.807) is 6.07 Å². The zero-order chi connectivity index (χ0) is 15.2. The van der Waals surface area contributed by atoms with Gasteiger partial charge in [0.1, 0.15) is 5.82 Å². The second-order valence-corrected chi connectivity index (χ2v) is 5.53. The molecule has 2 rings (SSSR count). The van der Waals surface area contributed by atoms with Gasteiger partial charge in [-0.3, -0.25) is 14.5 Å². The molecule has 21 heavy (non-hydrogen) atoms. The molecule has 0 aliphatic carbocycles. The number of carbonyl (C=O) groups is 1. The van der Waals surface area contributed by atoms with Crippen molar-refractivity contribution in [2.75, 3.05) is 13.1 Å². The smallest absolute Gasteiger partial charge is 0.251 e. The monoisotopic (exact) mass is 292 g/mol. The van der Waals surface area contributed by atoms with E-state index in [0.29, 0.717) is 18.8 Å². The number of nitrogens with one attached hydrogen (secondary N) is 2. The molecule has 0 spiro atoms. The molecule has 6 heteroatoms. The van der Waals surface area contributed by atoms with E-state index < -0.39 is 0 Å². The molecule has 1 amide bonds. The second-order valence-electron chi connectivity index (χ2n) is 5.53. The SMILES string of the molecule is CCC(=O)N[C@@H]1CCCN(Cc2nc(CC)cc(=O)[nH]2)C1. The van der Waals surface area contributed by atoms with Crippen molar-refractivity contribution in [3.8, 4) is 0 Å². The Bertz CT molecular complexity index is 541. The van der Waals surface area contributed by atoms with Crippen LogP contribution >= 0.6 is 0 Å². The quantitative estimate of drug-likeness (QED) is 0.842. The van der Waals surface area contributed by atoms with Gasteiger partial charge in [0.2, 0.25) is 5.91 Å². The maximum Gasteiger partial charge on any atom is 0.251 e. The van der Waals surface area contributed by atoms with Gasteiger partial charge in [0.05, 0.1) is 6.54 Å². The van der Waals surface area contributed by atoms with Gasteiger partial charge in [0, 0.05) is 30.8 Å². The van der Waals surface area contributed by atoms with Crippen LogP contribution in [0, 0.1) is 0 Å². The first kappa shape index (κ1) is 15.7. The first-order valence-corrected chi connectivity index (χ1v) is 7.71. The summed E-state index contributed by atoms with van der Waals surface area (Å²) in [5, 5.41) is 3.05. The normalized spacial score (nSPS) is 19.4. The van der Waals surface area contributed by atoms with E-state index in [1.165, 1.54) is 0 Å². The molecule has 116 valence electrons. The van der Waals surface area contributed by atoms with Crippen molar-refractivity contribution in [1.82, 2.24) is 20.2 Å². The Hall–Kier alpha value is -1.69. The summed E-state index contributed by atoms with van der Waals surface area (Å²) in [7, 11) is 0. The predicted molar refractivity (Wildman–Crippen MR) is 81.0 cm³/mol. The van der Waals surface area contributed by atoms with E-state index in [9.17, 15) is 9.59 Å². The number of hydrogen-bond acceptors (Lipinski definition) is 4. The number of rotatable bonds is 5. The van der Waals surface area contributed by atoms with Crippen LogP contribution in [-0.2, 0) is 17.8 Å². The zero-order valence-corrected chi connectivity index (χ0v) is 12.8. The Labute approximate surface area is 125 Å². The van der Waals surface area contributed by atoms with Crippen LogP contribution in [0.1, 0.15) is 44.6 Å². The minimum atomic E-state index is -0.0929. The highest BCUT2D eigenvalue weighted by Crippen LogP contribution is 2.12. The van der Waals surface area contributed by atoms with E-state index in [1.807, 2.05) is 13.8 Å². The number of hydrogen-bond donors (Lipinski definition) is 2. The van der Waals surface area contributed by atoms with Gasteiger partial charge in [-0.15, -0.1) is 0 Å². The summed E-state index contributed by atoms with van der Waals surface area (Å²) >= 11 is 0. The van der Waals surface area contributed by atoms with Crippen LogP contribution in [0.5, 0.6) is 0 Å². The number of aromatic amines is 1. The minimum Gasteiger partial charge on any atom is -0.352 e. The van der Waals surface area contributed by atoms with E-state index in [2.05, 4.69) is 20.2 Å². The Morgan fingerprint density at radius 3 is 3.05 bits per heavy atom. The van der Waals surface area contributed by atoms with Gasteiger partial charge in [-0.05, 0) is 25.8 Å². The lowest BCUT2D eigenvalue weighted by molar-refractivity contribution is -0.121. The van der Waals surface area contributed by atoms with Crippen molar-refractivity contribution in [2.24, 2.45) is 0 Å². The molecule has 0 unspecified atom stereocenters. The fourth-order valence-electron chi connectivity index (χ4n) is 2.68. The lowest BCUT2D eigenvalue weighted by Gasteiger charge is -2.32. The number of nitrogens with zero attached hydrogens (tertiary/aromatic N) is 2. The topological polar surface area (TPSA) is 78.1 Å². The van der Waals surface area contributed by atoms with Crippen LogP contribution in [0.3, 0.4) is 0 Å². The Kier molecular flexibility index (Phi) is 5.50. The van der Waals surface area contributed by atoms with Gasteiger partial charge in [-0.2, -0.15) is 0 Å². The number of aryl methyl sites for hydroxylation is 1. The highest BCUT2D eigenvalue weighted by molar-refractivity contribution is 5.75. The average molecular weight is 292 g/mol. The van der Waals surface area contributed by atoms with Crippen molar-refractivity contribution < 1.29 is 4.79 Å². The van der Waals surface area contributed by atoms with Crippen LogP contribution < -0.4 is 10.9 Å². The Morgan fingerprint density at radius 1 is 1.52 bits per heavy atom. The van der Waals surface area contributed by atoms with Crippen molar-refractivity contribution in [2.45, 2.75) is 52.1 Å². The largest absolute Gasteiger partial charge is 0.352 e. The highest BCUT2D eigenvalue weighted by Gasteiger charge is 2.21. The molecule has 1 atom stereocenters. The van der Waals surface area contributed by atoms with E-state index in [4.69, 9.17) is 0 Å². The molecule has 6 nitrogen and oxygen atoms in total. The number of amides is 1. The molecule has 1 fully saturated rings. The molecule has 2 heterocycles. The molecule has 1 aromatic heterocycles. The van der Waals surface area contributed by atoms with Gasteiger partial charge in [-0.1, -0.05) is 13.8 Å². The number of aromatic nitrogens is 2. The molecule has 1 aliphatic heterocycles. The molecular weight excluding hydrogens is 268 g/mol. The van der Waals surface area contributed by atoms with E-state index in [-0.39, 0.29) is 17.5 Å². The van der Waals surface area contributed by atoms with Gasteiger partial charge in [0.25, 0.3) is 5.56 Å². The van der Waals surface area contributed by atoms with E-state index >= 15 is 0 Å². The predicted octanol–water partition coefficient (Wildman–Crippen LogP) is 0.823. The molecule has 1 saturated heterocycles. The molecule has 0 saturated carbocycles. The minimum absolute atomic E-state index is 0.0929. The first-order valence-electron chi connectivity index (χ1n) is 7.71. The van der Waals surface area contributed by atoms with Crippen molar-refractivity contribution in [1.29, 1.82) is 0 Å². The van der Waals surface area contributed by atoms with Crippen LogP contribution in [-0.4, -0.2) is 39.9 Å². The van der Waals surface area contributed by atoms with E-state index in [0.717, 1.165) is 38.0 Å². The highest BCUT2D eigenvalue weighted by atomic mass is 16.1. The number of piperidine rings is 1. The van der Waals surface area contributed by atoms with Gasteiger partial charge >= 0.3 is 0 Å². The second kappa shape index (κ2) is 7.36. The maximum absolute atomic E-state index is 11.6. The molecule has 1 aliphatic rings. The summed E-state index contributed by atoms with van der Waals surface area (Å²) in [4.78, 5) is 32.6. The Morgan fingerprint density at radius 2 is 2.33 bits per heavy atom. The summed E-state index contributed by atoms with van der Waals surface area (Å²) in [5.41, 5.74) is 0.728. The number of carbonyl (C=O) groups excluding carboxylic acids is 1. The molecule has 0 radical (unpaired) electrons. The molecule has 0 bridgehead atoms. The summed E-state index contributed by atoms with van der Waals surface area (Å²) in [6.45, 7) is 6.26. The van der Waals surface area contributed by atoms with Crippen molar-refractivity contribution in [3.63, 3.8) is 0 Å². The Balaban J connectivity index is 1.97. The van der Waals surface area contributed by atoms with Gasteiger partial charge in [-0.25, -0.2) is 4.98 Å². The zero-order valence-electron chi connectivity index (χ0n) is 12.8. The molecular formula is C15H24N4O2. The van der Waals surface area contributed by atoms with Crippen molar-refractivity contribution >= 4 is 5.91 Å². The lowest BCUT2D eigenvalue weighted by atomic mass is 10.1. The molecule has 2 N–H and O–H groups in total. The molecule has 1 aromatic rings. The summed E-state index contributed by atoms with van der Waals surface area (Å²) in [5.74, 6) is 0.809. The number of H-pyrrole nitrogens is 1. The summed E-state index contributed by atoms with van der Waals surface area (Å²) in [6, 6.07) is 1.75.